The zero-order chi connectivity index (χ0) is 19.3. The van der Waals surface area contributed by atoms with Gasteiger partial charge in [-0.2, -0.15) is 0 Å². The number of anilines is 1. The number of benzene rings is 1. The van der Waals surface area contributed by atoms with Crippen molar-refractivity contribution in [2.75, 3.05) is 37.8 Å². The van der Waals surface area contributed by atoms with E-state index in [4.69, 9.17) is 13.9 Å². The minimum Gasteiger partial charge on any atom is -0.480 e. The predicted molar refractivity (Wildman–Crippen MR) is 106 cm³/mol. The summed E-state index contributed by atoms with van der Waals surface area (Å²) in [7, 11) is 0. The van der Waals surface area contributed by atoms with E-state index in [1.165, 1.54) is 12.5 Å². The van der Waals surface area contributed by atoms with Crippen molar-refractivity contribution < 1.29 is 18.7 Å². The molecule has 0 spiro atoms. The monoisotopic (exact) mass is 386 g/mol. The molecule has 1 aliphatic heterocycles. The molecule has 150 valence electrons. The number of nitrogens with one attached hydrogen (secondary N) is 1. The van der Waals surface area contributed by atoms with Gasteiger partial charge in [-0.3, -0.25) is 9.59 Å². The van der Waals surface area contributed by atoms with Crippen LogP contribution in [-0.2, 0) is 9.53 Å². The summed E-state index contributed by atoms with van der Waals surface area (Å²) >= 11 is 0. The van der Waals surface area contributed by atoms with Gasteiger partial charge in [0.25, 0.3) is 5.91 Å². The third-order valence-corrected chi connectivity index (χ3v) is 5.36. The highest BCUT2D eigenvalue weighted by molar-refractivity contribution is 5.84. The summed E-state index contributed by atoms with van der Waals surface area (Å²) in [5.41, 5.74) is 0.252. The van der Waals surface area contributed by atoms with Crippen molar-refractivity contribution in [3.8, 4) is 5.75 Å². The van der Waals surface area contributed by atoms with Crippen molar-refractivity contribution in [2.24, 2.45) is 0 Å². The quantitative estimate of drug-likeness (QED) is 0.850. The molecule has 4 rings (SSSR count). The first-order valence-electron chi connectivity index (χ1n) is 10.0. The number of amides is 1. The van der Waals surface area contributed by atoms with Gasteiger partial charge in [-0.15, -0.1) is 0 Å². The Hall–Kier alpha value is -2.54. The Morgan fingerprint density at radius 2 is 1.96 bits per heavy atom. The van der Waals surface area contributed by atoms with Crippen molar-refractivity contribution in [1.82, 2.24) is 5.32 Å². The van der Waals surface area contributed by atoms with Crippen LogP contribution in [0.1, 0.15) is 32.1 Å². The van der Waals surface area contributed by atoms with Gasteiger partial charge in [0.2, 0.25) is 0 Å². The summed E-state index contributed by atoms with van der Waals surface area (Å²) in [6, 6.07) is 6.92. The number of morpholine rings is 1. The maximum Gasteiger partial charge on any atom is 0.258 e. The molecular weight excluding hydrogens is 360 g/mol. The number of carbonyl (C=O) groups excluding carboxylic acids is 1. The zero-order valence-electron chi connectivity index (χ0n) is 15.9. The van der Waals surface area contributed by atoms with Gasteiger partial charge in [0.1, 0.15) is 0 Å². The first kappa shape index (κ1) is 18.8. The number of hydrogen-bond donors (Lipinski definition) is 1. The van der Waals surface area contributed by atoms with Crippen molar-refractivity contribution in [1.29, 1.82) is 0 Å². The van der Waals surface area contributed by atoms with Gasteiger partial charge >= 0.3 is 0 Å². The van der Waals surface area contributed by atoms with Gasteiger partial charge in [0.05, 0.1) is 18.6 Å². The van der Waals surface area contributed by atoms with Gasteiger partial charge in [0.15, 0.2) is 29.3 Å². The van der Waals surface area contributed by atoms with Gasteiger partial charge < -0.3 is 24.1 Å². The van der Waals surface area contributed by atoms with Gasteiger partial charge in [-0.25, -0.2) is 0 Å². The molecule has 28 heavy (non-hydrogen) atoms. The first-order chi connectivity index (χ1) is 13.7. The van der Waals surface area contributed by atoms with Crippen molar-refractivity contribution >= 4 is 22.8 Å². The predicted octanol–water partition coefficient (Wildman–Crippen LogP) is 2.46. The topological polar surface area (TPSA) is 81.0 Å². The highest BCUT2D eigenvalue weighted by atomic mass is 16.5. The van der Waals surface area contributed by atoms with E-state index in [1.54, 1.807) is 18.2 Å². The summed E-state index contributed by atoms with van der Waals surface area (Å²) in [6.45, 7) is 2.44. The van der Waals surface area contributed by atoms with Crippen LogP contribution < -0.4 is 20.4 Å². The zero-order valence-corrected chi connectivity index (χ0v) is 15.9. The molecule has 0 unspecified atom stereocenters. The van der Waals surface area contributed by atoms with Crippen LogP contribution >= 0.6 is 0 Å². The van der Waals surface area contributed by atoms with E-state index >= 15 is 0 Å². The third kappa shape index (κ3) is 4.30. The minimum absolute atomic E-state index is 0.0961. The maximum absolute atomic E-state index is 12.5. The van der Waals surface area contributed by atoms with E-state index < -0.39 is 0 Å². The normalized spacial score (nSPS) is 18.2. The average Bonchev–Trinajstić information content (AvgIpc) is 2.73. The molecule has 7 heteroatoms. The van der Waals surface area contributed by atoms with Crippen molar-refractivity contribution in [2.45, 2.75) is 38.1 Å². The number of rotatable bonds is 5. The lowest BCUT2D eigenvalue weighted by Crippen LogP contribution is -2.39. The molecule has 2 aliphatic rings. The van der Waals surface area contributed by atoms with Crippen LogP contribution in [0.25, 0.3) is 11.0 Å². The molecule has 0 bridgehead atoms. The average molecular weight is 386 g/mol. The molecule has 2 heterocycles. The van der Waals surface area contributed by atoms with Crippen LogP contribution in [0, 0.1) is 0 Å². The summed E-state index contributed by atoms with van der Waals surface area (Å²) in [4.78, 5) is 26.8. The van der Waals surface area contributed by atoms with Crippen LogP contribution in [0.5, 0.6) is 5.75 Å². The summed E-state index contributed by atoms with van der Waals surface area (Å²) in [5, 5.41) is 3.48. The largest absolute Gasteiger partial charge is 0.480 e. The van der Waals surface area contributed by atoms with Crippen LogP contribution in [-0.4, -0.2) is 44.9 Å². The molecule has 1 N–H and O–H groups in total. The SMILES string of the molecule is O=C(COc1cccc2c(=O)cc(N3CCOCC3)oc12)NC1CCCCC1. The number of ether oxygens (including phenoxy) is 2. The molecule has 1 saturated carbocycles. The van der Waals surface area contributed by atoms with Gasteiger partial charge in [-0.05, 0) is 25.0 Å². The van der Waals surface area contributed by atoms with Crippen LogP contribution in [0.3, 0.4) is 0 Å². The molecule has 1 amide bonds. The Morgan fingerprint density at radius 1 is 1.18 bits per heavy atom. The van der Waals surface area contributed by atoms with Crippen LogP contribution in [0.4, 0.5) is 5.88 Å². The molecule has 2 aromatic rings. The smallest absolute Gasteiger partial charge is 0.258 e. The molecule has 0 radical (unpaired) electrons. The fourth-order valence-corrected chi connectivity index (χ4v) is 3.85. The molecular formula is C21H26N2O5. The lowest BCUT2D eigenvalue weighted by Gasteiger charge is -2.27. The molecule has 1 aliphatic carbocycles. The molecule has 1 aromatic carbocycles. The number of fused-ring (bicyclic) bond motifs is 1. The Balaban J connectivity index is 1.50. The Kier molecular flexibility index (Phi) is 5.81. The summed E-state index contributed by atoms with van der Waals surface area (Å²) < 4.78 is 17.1. The minimum atomic E-state index is -0.143. The second-order valence-corrected chi connectivity index (χ2v) is 7.37. The first-order valence-corrected chi connectivity index (χ1v) is 10.0. The number of hydrogen-bond acceptors (Lipinski definition) is 6. The highest BCUT2D eigenvalue weighted by Crippen LogP contribution is 2.28. The van der Waals surface area contributed by atoms with E-state index in [-0.39, 0.29) is 24.0 Å². The molecule has 0 atom stereocenters. The third-order valence-electron chi connectivity index (χ3n) is 5.36. The molecule has 1 saturated heterocycles. The van der Waals surface area contributed by atoms with E-state index in [2.05, 4.69) is 5.32 Å². The highest BCUT2D eigenvalue weighted by Gasteiger charge is 2.19. The van der Waals surface area contributed by atoms with Gasteiger partial charge in [0, 0.05) is 25.2 Å². The van der Waals surface area contributed by atoms with E-state index in [0.29, 0.717) is 48.9 Å². The Bertz CT molecular complexity index is 882. The summed E-state index contributed by atoms with van der Waals surface area (Å²) in [5.74, 6) is 0.766. The van der Waals surface area contributed by atoms with E-state index in [0.717, 1.165) is 25.7 Å². The van der Waals surface area contributed by atoms with Crippen molar-refractivity contribution in [3.05, 3.63) is 34.5 Å². The Morgan fingerprint density at radius 3 is 2.75 bits per heavy atom. The van der Waals surface area contributed by atoms with E-state index in [9.17, 15) is 9.59 Å². The van der Waals surface area contributed by atoms with Crippen LogP contribution in [0.2, 0.25) is 0 Å². The second kappa shape index (κ2) is 8.65. The van der Waals surface area contributed by atoms with Gasteiger partial charge in [-0.1, -0.05) is 25.3 Å². The number of nitrogens with zero attached hydrogens (tertiary/aromatic N) is 1. The van der Waals surface area contributed by atoms with Crippen molar-refractivity contribution in [3.63, 3.8) is 0 Å². The Labute approximate surface area is 163 Å². The van der Waals surface area contributed by atoms with E-state index in [1.807, 2.05) is 4.90 Å². The fourth-order valence-electron chi connectivity index (χ4n) is 3.85. The van der Waals surface area contributed by atoms with Crippen LogP contribution in [0.15, 0.2) is 33.5 Å². The second-order valence-electron chi connectivity index (χ2n) is 7.37. The lowest BCUT2D eigenvalue weighted by atomic mass is 9.95. The number of para-hydroxylation sites is 1. The standard InChI is InChI=1S/C21H26N2O5/c24-17-13-20(23-9-11-26-12-10-23)28-21-16(17)7-4-8-18(21)27-14-19(25)22-15-5-2-1-3-6-15/h4,7-8,13,15H,1-3,5-6,9-12,14H2,(H,22,25). The molecule has 7 nitrogen and oxygen atoms in total. The molecule has 2 fully saturated rings. The molecule has 1 aromatic heterocycles. The fraction of sp³-hybridized carbons (Fsp3) is 0.524. The number of carbonyl (C=O) groups is 1. The summed E-state index contributed by atoms with van der Waals surface area (Å²) in [6.07, 6.45) is 5.61. The maximum atomic E-state index is 12.5. The lowest BCUT2D eigenvalue weighted by molar-refractivity contribution is -0.124.